The first-order valence-corrected chi connectivity index (χ1v) is 8.73. The van der Waals surface area contributed by atoms with Crippen LogP contribution in [0.3, 0.4) is 0 Å². The zero-order valence-electron chi connectivity index (χ0n) is 12.7. The normalized spacial score (nSPS) is 25.2. The first kappa shape index (κ1) is 19.1. The van der Waals surface area contributed by atoms with Gasteiger partial charge in [-0.2, -0.15) is 0 Å². The number of carbonyl (C=O) groups is 1. The maximum atomic E-state index is 11.8. The van der Waals surface area contributed by atoms with Crippen LogP contribution in [0.25, 0.3) is 0 Å². The number of carboxylic acids is 1. The zero-order valence-corrected chi connectivity index (χ0v) is 13.6. The van der Waals surface area contributed by atoms with Gasteiger partial charge in [0.05, 0.1) is 12.7 Å². The summed E-state index contributed by atoms with van der Waals surface area (Å²) in [5.41, 5.74) is -1.66. The molecule has 0 saturated carbocycles. The Kier molecular flexibility index (Phi) is 5.62. The summed E-state index contributed by atoms with van der Waals surface area (Å²) in [6, 6.07) is 0. The fourth-order valence-electron chi connectivity index (χ4n) is 2.24. The van der Waals surface area contributed by atoms with Crippen molar-refractivity contribution in [2.45, 2.75) is 24.9 Å². The molecule has 12 heteroatoms. The maximum Gasteiger partial charge on any atom is 0.339 e. The van der Waals surface area contributed by atoms with Crippen molar-refractivity contribution in [2.24, 2.45) is 0 Å². The van der Waals surface area contributed by atoms with Gasteiger partial charge in [-0.3, -0.25) is 23.7 Å². The molecule has 1 aromatic heterocycles. The van der Waals surface area contributed by atoms with E-state index in [4.69, 9.17) is 16.3 Å². The van der Waals surface area contributed by atoms with E-state index in [0.29, 0.717) is 0 Å². The second-order valence-electron chi connectivity index (χ2n) is 5.27. The quantitative estimate of drug-likeness (QED) is 0.340. The smallest absolute Gasteiger partial charge is 0.339 e. The van der Waals surface area contributed by atoms with Crippen molar-refractivity contribution in [1.82, 2.24) is 9.55 Å². The summed E-state index contributed by atoms with van der Waals surface area (Å²) in [6.45, 7) is -0.557. The first-order chi connectivity index (χ1) is 11.6. The number of H-pyrrole nitrogens is 1. The minimum absolute atomic E-state index is 0.0708. The van der Waals surface area contributed by atoms with Crippen LogP contribution in [0.4, 0.5) is 0 Å². The number of terminal acetylenes is 1. The Bertz CT molecular complexity index is 867. The summed E-state index contributed by atoms with van der Waals surface area (Å²) in [4.78, 5) is 45.1. The number of hydrogen-bond acceptors (Lipinski definition) is 7. The molecule has 1 aliphatic rings. The van der Waals surface area contributed by atoms with Crippen molar-refractivity contribution in [3.8, 4) is 12.3 Å². The number of aliphatic hydroxyl groups is 1. The molecule has 0 radical (unpaired) electrons. The summed E-state index contributed by atoms with van der Waals surface area (Å²) in [5, 5.41) is 18.5. The van der Waals surface area contributed by atoms with E-state index in [1.54, 1.807) is 0 Å². The summed E-state index contributed by atoms with van der Waals surface area (Å²) < 4.78 is 22.5. The molecule has 0 aliphatic carbocycles. The number of aromatic amines is 1. The van der Waals surface area contributed by atoms with Gasteiger partial charge in [0.1, 0.15) is 24.1 Å². The van der Waals surface area contributed by atoms with Crippen LogP contribution >= 0.6 is 7.60 Å². The van der Waals surface area contributed by atoms with Gasteiger partial charge >= 0.3 is 19.3 Å². The first-order valence-electron chi connectivity index (χ1n) is 6.96. The second kappa shape index (κ2) is 7.35. The lowest BCUT2D eigenvalue weighted by molar-refractivity contribution is -0.134. The molecule has 4 N–H and O–H groups in total. The standard InChI is InChI=1S/C13H15N2O9P/c1-2-7-4-15(13(20)14-12(7)19)10-3-8(16)9(24-10)5-23-25(21,22)6-11(17)18/h1,4,8-10,16H,3,5-6H2,(H,17,18)(H,21,22)(H,14,19,20)/t8-,9+,10+/m0/s1. The molecule has 4 atom stereocenters. The van der Waals surface area contributed by atoms with Crippen LogP contribution in [0.1, 0.15) is 18.2 Å². The number of aromatic nitrogens is 2. The molecule has 136 valence electrons. The van der Waals surface area contributed by atoms with Crippen molar-refractivity contribution < 1.29 is 33.7 Å². The summed E-state index contributed by atoms with van der Waals surface area (Å²) in [5.74, 6) is 0.585. The zero-order chi connectivity index (χ0) is 18.8. The molecule has 1 aromatic rings. The molecule has 1 fully saturated rings. The lowest BCUT2D eigenvalue weighted by Gasteiger charge is -2.17. The monoisotopic (exact) mass is 374 g/mol. The van der Waals surface area contributed by atoms with E-state index in [-0.39, 0.29) is 12.0 Å². The summed E-state index contributed by atoms with van der Waals surface area (Å²) >= 11 is 0. The highest BCUT2D eigenvalue weighted by atomic mass is 31.2. The molecule has 0 spiro atoms. The van der Waals surface area contributed by atoms with Crippen LogP contribution in [0.15, 0.2) is 15.8 Å². The second-order valence-corrected chi connectivity index (χ2v) is 7.12. The lowest BCUT2D eigenvalue weighted by Crippen LogP contribution is -2.33. The Balaban J connectivity index is 2.11. The third-order valence-electron chi connectivity index (χ3n) is 3.41. The number of nitrogens with one attached hydrogen (secondary N) is 1. The molecular weight excluding hydrogens is 359 g/mol. The third-order valence-corrected chi connectivity index (χ3v) is 4.64. The van der Waals surface area contributed by atoms with Crippen molar-refractivity contribution in [1.29, 1.82) is 0 Å². The number of nitrogens with zero attached hydrogens (tertiary/aromatic N) is 1. The molecule has 11 nitrogen and oxygen atoms in total. The van der Waals surface area contributed by atoms with Crippen LogP contribution in [0.5, 0.6) is 0 Å². The van der Waals surface area contributed by atoms with Crippen molar-refractivity contribution in [3.05, 3.63) is 32.6 Å². The Morgan fingerprint density at radius 1 is 1.56 bits per heavy atom. The van der Waals surface area contributed by atoms with Gasteiger partial charge in [0, 0.05) is 12.6 Å². The Morgan fingerprint density at radius 3 is 2.84 bits per heavy atom. The van der Waals surface area contributed by atoms with Gasteiger partial charge in [-0.05, 0) is 0 Å². The van der Waals surface area contributed by atoms with Crippen LogP contribution < -0.4 is 11.2 Å². The molecule has 0 bridgehead atoms. The van der Waals surface area contributed by atoms with Crippen LogP contribution in [-0.4, -0.2) is 55.6 Å². The number of hydrogen-bond donors (Lipinski definition) is 4. The van der Waals surface area contributed by atoms with E-state index < -0.39 is 56.0 Å². The van der Waals surface area contributed by atoms with Gasteiger partial charge < -0.3 is 24.4 Å². The summed E-state index contributed by atoms with van der Waals surface area (Å²) in [6.07, 6.45) is 1.88. The van der Waals surface area contributed by atoms with Crippen molar-refractivity contribution >= 4 is 13.6 Å². The van der Waals surface area contributed by atoms with E-state index in [2.05, 4.69) is 10.4 Å². The van der Waals surface area contributed by atoms with Crippen LogP contribution in [-0.2, 0) is 18.6 Å². The average molecular weight is 374 g/mol. The van der Waals surface area contributed by atoms with Gasteiger partial charge in [-0.25, -0.2) is 4.79 Å². The molecule has 1 saturated heterocycles. The molecule has 0 aromatic carbocycles. The van der Waals surface area contributed by atoms with Crippen LogP contribution in [0.2, 0.25) is 0 Å². The van der Waals surface area contributed by atoms with Crippen molar-refractivity contribution in [3.63, 3.8) is 0 Å². The number of aliphatic carboxylic acids is 1. The van der Waals surface area contributed by atoms with E-state index in [1.807, 2.05) is 4.98 Å². The van der Waals surface area contributed by atoms with Crippen LogP contribution in [0, 0.1) is 12.3 Å². The maximum absolute atomic E-state index is 11.8. The van der Waals surface area contributed by atoms with E-state index in [9.17, 15) is 28.9 Å². The fraction of sp³-hybridized carbons (Fsp3) is 0.462. The minimum atomic E-state index is -4.38. The number of carboxylic acid groups (broad SMARTS) is 1. The van der Waals surface area contributed by atoms with E-state index in [0.717, 1.165) is 10.8 Å². The average Bonchev–Trinajstić information content (AvgIpc) is 2.85. The Labute approximate surface area is 140 Å². The number of aliphatic hydroxyl groups excluding tert-OH is 1. The molecule has 2 rings (SSSR count). The highest BCUT2D eigenvalue weighted by Gasteiger charge is 2.37. The van der Waals surface area contributed by atoms with E-state index in [1.165, 1.54) is 0 Å². The van der Waals surface area contributed by atoms with Gasteiger partial charge in [0.25, 0.3) is 5.56 Å². The Morgan fingerprint density at radius 2 is 2.24 bits per heavy atom. The number of rotatable bonds is 6. The predicted molar refractivity (Wildman–Crippen MR) is 82.1 cm³/mol. The topological polar surface area (TPSA) is 168 Å². The minimum Gasteiger partial charge on any atom is -0.481 e. The molecule has 0 amide bonds. The lowest BCUT2D eigenvalue weighted by atomic mass is 10.2. The molecule has 2 heterocycles. The highest BCUT2D eigenvalue weighted by molar-refractivity contribution is 7.53. The van der Waals surface area contributed by atoms with E-state index >= 15 is 0 Å². The van der Waals surface area contributed by atoms with Gasteiger partial charge in [0.2, 0.25) is 0 Å². The van der Waals surface area contributed by atoms with Gasteiger partial charge in [-0.15, -0.1) is 6.42 Å². The molecular formula is C13H15N2O9P. The van der Waals surface area contributed by atoms with Crippen molar-refractivity contribution in [2.75, 3.05) is 12.8 Å². The Hall–Kier alpha value is -2.22. The third kappa shape index (κ3) is 4.66. The number of ether oxygens (including phenoxy) is 1. The van der Waals surface area contributed by atoms with Gasteiger partial charge in [-0.1, -0.05) is 5.92 Å². The fourth-order valence-corrected chi connectivity index (χ4v) is 3.06. The SMILES string of the molecule is C#Cc1cn([C@H]2C[C@H](O)[C@@H](COP(=O)(O)CC(=O)O)O2)c(=O)[nH]c1=O. The predicted octanol–water partition coefficient (Wildman–Crippen LogP) is -1.55. The molecule has 1 unspecified atom stereocenters. The highest BCUT2D eigenvalue weighted by Crippen LogP contribution is 2.42. The molecule has 25 heavy (non-hydrogen) atoms. The van der Waals surface area contributed by atoms with Gasteiger partial charge in [0.15, 0.2) is 0 Å². The largest absolute Gasteiger partial charge is 0.481 e. The molecule has 1 aliphatic heterocycles. The summed E-state index contributed by atoms with van der Waals surface area (Å²) in [7, 11) is -4.38.